The molecule has 2 atom stereocenters. The molecule has 1 saturated heterocycles. The topological polar surface area (TPSA) is 15.3 Å². The molecule has 2 rings (SSSR count). The summed E-state index contributed by atoms with van der Waals surface area (Å²) in [5.74, 6) is 0. The first kappa shape index (κ1) is 15.5. The molecule has 1 N–H and O–H groups in total. The first-order chi connectivity index (χ1) is 9.61. The van der Waals surface area contributed by atoms with E-state index in [1.54, 1.807) is 0 Å². The molecule has 0 saturated carbocycles. The summed E-state index contributed by atoms with van der Waals surface area (Å²) in [6.45, 7) is 12.5. The predicted octanol–water partition coefficient (Wildman–Crippen LogP) is 3.83. The van der Waals surface area contributed by atoms with Crippen LogP contribution in [0.1, 0.15) is 55.8 Å². The van der Waals surface area contributed by atoms with Crippen molar-refractivity contribution in [3.05, 3.63) is 34.9 Å². The fourth-order valence-corrected chi connectivity index (χ4v) is 3.09. The number of hydrogen-bond donors (Lipinski definition) is 1. The summed E-state index contributed by atoms with van der Waals surface area (Å²) in [6.07, 6.45) is 3.90. The van der Waals surface area contributed by atoms with Crippen LogP contribution in [0, 0.1) is 13.8 Å². The van der Waals surface area contributed by atoms with Crippen LogP contribution >= 0.6 is 0 Å². The zero-order valence-corrected chi connectivity index (χ0v) is 13.6. The summed E-state index contributed by atoms with van der Waals surface area (Å²) >= 11 is 0. The minimum atomic E-state index is 0.467. The number of nitrogens with one attached hydrogen (secondary N) is 1. The molecule has 0 amide bonds. The number of hydrogen-bond acceptors (Lipinski definition) is 2. The van der Waals surface area contributed by atoms with E-state index in [1.165, 1.54) is 42.5 Å². The van der Waals surface area contributed by atoms with Gasteiger partial charge in [0.2, 0.25) is 0 Å². The van der Waals surface area contributed by atoms with Crippen LogP contribution in [0.3, 0.4) is 0 Å². The molecule has 1 aromatic carbocycles. The van der Waals surface area contributed by atoms with Crippen molar-refractivity contribution in [3.63, 3.8) is 0 Å². The average molecular weight is 274 g/mol. The predicted molar refractivity (Wildman–Crippen MR) is 87.2 cm³/mol. The average Bonchev–Trinajstić information content (AvgIpc) is 2.83. The van der Waals surface area contributed by atoms with Gasteiger partial charge in [-0.25, -0.2) is 0 Å². The van der Waals surface area contributed by atoms with Gasteiger partial charge in [-0.15, -0.1) is 0 Å². The van der Waals surface area contributed by atoms with Crippen LogP contribution in [0.25, 0.3) is 0 Å². The summed E-state index contributed by atoms with van der Waals surface area (Å²) in [5.41, 5.74) is 4.23. The van der Waals surface area contributed by atoms with Crippen LogP contribution in [0.5, 0.6) is 0 Å². The molecular formula is C18H30N2. The van der Waals surface area contributed by atoms with E-state index in [1.807, 2.05) is 0 Å². The van der Waals surface area contributed by atoms with E-state index >= 15 is 0 Å². The van der Waals surface area contributed by atoms with Crippen molar-refractivity contribution in [2.45, 2.75) is 59.0 Å². The van der Waals surface area contributed by atoms with Gasteiger partial charge in [0.15, 0.2) is 0 Å². The summed E-state index contributed by atoms with van der Waals surface area (Å²) in [4.78, 5) is 2.64. The molecule has 1 aliphatic rings. The second-order valence-electron chi connectivity index (χ2n) is 6.34. The van der Waals surface area contributed by atoms with Gasteiger partial charge in [0.05, 0.1) is 0 Å². The van der Waals surface area contributed by atoms with Crippen LogP contribution in [0.2, 0.25) is 0 Å². The Labute approximate surface area is 124 Å². The lowest BCUT2D eigenvalue weighted by atomic mass is 10.00. The van der Waals surface area contributed by atoms with Gasteiger partial charge >= 0.3 is 0 Å². The zero-order chi connectivity index (χ0) is 14.5. The minimum absolute atomic E-state index is 0.467. The van der Waals surface area contributed by atoms with Gasteiger partial charge < -0.3 is 5.32 Å². The molecule has 112 valence electrons. The van der Waals surface area contributed by atoms with E-state index in [-0.39, 0.29) is 0 Å². The maximum absolute atomic E-state index is 3.74. The maximum atomic E-state index is 3.74. The largest absolute Gasteiger partial charge is 0.309 e. The highest BCUT2D eigenvalue weighted by Crippen LogP contribution is 2.23. The van der Waals surface area contributed by atoms with Crippen LogP contribution in [-0.2, 0) is 0 Å². The van der Waals surface area contributed by atoms with Crippen molar-refractivity contribution >= 4 is 0 Å². The first-order valence-electron chi connectivity index (χ1n) is 8.16. The Morgan fingerprint density at radius 1 is 1.30 bits per heavy atom. The Morgan fingerprint density at radius 3 is 2.70 bits per heavy atom. The number of aryl methyl sites for hydroxylation is 2. The number of nitrogens with zero attached hydrogens (tertiary/aromatic N) is 1. The van der Waals surface area contributed by atoms with Crippen LogP contribution in [0.4, 0.5) is 0 Å². The summed E-state index contributed by atoms with van der Waals surface area (Å²) in [5, 5.41) is 3.74. The maximum Gasteiger partial charge on any atom is 0.0449 e. The molecule has 0 bridgehead atoms. The monoisotopic (exact) mass is 274 g/mol. The first-order valence-corrected chi connectivity index (χ1v) is 8.16. The van der Waals surface area contributed by atoms with Crippen molar-refractivity contribution in [1.29, 1.82) is 0 Å². The van der Waals surface area contributed by atoms with E-state index in [2.05, 4.69) is 56.1 Å². The Morgan fingerprint density at radius 2 is 2.10 bits per heavy atom. The second kappa shape index (κ2) is 7.24. The van der Waals surface area contributed by atoms with Crippen molar-refractivity contribution < 1.29 is 0 Å². The van der Waals surface area contributed by atoms with Gasteiger partial charge in [-0.2, -0.15) is 0 Å². The quantitative estimate of drug-likeness (QED) is 0.848. The molecule has 0 spiro atoms. The highest BCUT2D eigenvalue weighted by atomic mass is 15.2. The lowest BCUT2D eigenvalue weighted by Crippen LogP contribution is -2.37. The summed E-state index contributed by atoms with van der Waals surface area (Å²) < 4.78 is 0. The third-order valence-electron chi connectivity index (χ3n) is 4.68. The number of benzene rings is 1. The summed E-state index contributed by atoms with van der Waals surface area (Å²) in [7, 11) is 0. The molecule has 2 unspecified atom stereocenters. The van der Waals surface area contributed by atoms with E-state index in [9.17, 15) is 0 Å². The van der Waals surface area contributed by atoms with Gasteiger partial charge in [-0.05, 0) is 69.8 Å². The van der Waals surface area contributed by atoms with Crippen LogP contribution in [0.15, 0.2) is 18.2 Å². The van der Waals surface area contributed by atoms with Gasteiger partial charge in [0, 0.05) is 18.6 Å². The minimum Gasteiger partial charge on any atom is -0.309 e. The molecule has 20 heavy (non-hydrogen) atoms. The SMILES string of the molecule is CCCNC(CN1CCCC1C)c1ccc(C)c(C)c1. The normalized spacial score (nSPS) is 21.3. The Balaban J connectivity index is 2.11. The second-order valence-corrected chi connectivity index (χ2v) is 6.34. The molecule has 0 radical (unpaired) electrons. The van der Waals surface area contributed by atoms with Gasteiger partial charge in [-0.3, -0.25) is 4.90 Å². The molecule has 2 heteroatoms. The lowest BCUT2D eigenvalue weighted by molar-refractivity contribution is 0.237. The van der Waals surface area contributed by atoms with E-state index in [0.29, 0.717) is 6.04 Å². The van der Waals surface area contributed by atoms with Gasteiger partial charge in [-0.1, -0.05) is 25.1 Å². The fourth-order valence-electron chi connectivity index (χ4n) is 3.09. The van der Waals surface area contributed by atoms with E-state index in [4.69, 9.17) is 0 Å². The molecular weight excluding hydrogens is 244 g/mol. The summed E-state index contributed by atoms with van der Waals surface area (Å²) in [6, 6.07) is 8.14. The Kier molecular flexibility index (Phi) is 5.62. The highest BCUT2D eigenvalue weighted by Gasteiger charge is 2.23. The molecule has 1 aliphatic heterocycles. The van der Waals surface area contributed by atoms with E-state index in [0.717, 1.165) is 19.1 Å². The molecule has 1 fully saturated rings. The number of likely N-dealkylation sites (tertiary alicyclic amines) is 1. The van der Waals surface area contributed by atoms with Gasteiger partial charge in [0.1, 0.15) is 0 Å². The number of rotatable bonds is 6. The molecule has 1 aromatic rings. The van der Waals surface area contributed by atoms with Crippen LogP contribution in [-0.4, -0.2) is 30.6 Å². The third kappa shape index (κ3) is 3.83. The van der Waals surface area contributed by atoms with Crippen LogP contribution < -0.4 is 5.32 Å². The molecule has 0 aromatic heterocycles. The standard InChI is InChI=1S/C18H30N2/c1-5-10-19-18(13-20-11-6-7-16(20)4)17-9-8-14(2)15(3)12-17/h8-9,12,16,18-19H,5-7,10-11,13H2,1-4H3. The zero-order valence-electron chi connectivity index (χ0n) is 13.6. The van der Waals surface area contributed by atoms with Gasteiger partial charge in [0.25, 0.3) is 0 Å². The van der Waals surface area contributed by atoms with E-state index < -0.39 is 0 Å². The highest BCUT2D eigenvalue weighted by molar-refractivity contribution is 5.32. The molecule has 2 nitrogen and oxygen atoms in total. The third-order valence-corrected chi connectivity index (χ3v) is 4.68. The molecule has 0 aliphatic carbocycles. The smallest absolute Gasteiger partial charge is 0.0449 e. The van der Waals surface area contributed by atoms with Crippen molar-refractivity contribution in [2.75, 3.05) is 19.6 Å². The fraction of sp³-hybridized carbons (Fsp3) is 0.667. The molecule has 1 heterocycles. The Bertz CT molecular complexity index is 427. The van der Waals surface area contributed by atoms with Crippen molar-refractivity contribution in [1.82, 2.24) is 10.2 Å². The van der Waals surface area contributed by atoms with Crippen molar-refractivity contribution in [2.24, 2.45) is 0 Å². The van der Waals surface area contributed by atoms with Crippen molar-refractivity contribution in [3.8, 4) is 0 Å². The Hall–Kier alpha value is -0.860. The lowest BCUT2D eigenvalue weighted by Gasteiger charge is -2.28.